The molecule has 0 radical (unpaired) electrons. The fraction of sp³-hybridized carbons (Fsp3) is 0.455. The van der Waals surface area contributed by atoms with Gasteiger partial charge in [0.05, 0.1) is 5.69 Å². The molecule has 19 heavy (non-hydrogen) atoms. The molecule has 1 aliphatic rings. The Kier molecular flexibility index (Phi) is 4.32. The Morgan fingerprint density at radius 2 is 2.05 bits per heavy atom. The lowest BCUT2D eigenvalue weighted by Gasteiger charge is -2.22. The molecule has 1 saturated heterocycles. The number of halogens is 2. The van der Waals surface area contributed by atoms with Crippen LogP contribution in [0, 0.1) is 11.6 Å². The fourth-order valence-electron chi connectivity index (χ4n) is 1.87. The molecule has 1 heterocycles. The number of hydrogen-bond donors (Lipinski definition) is 2. The predicted octanol–water partition coefficient (Wildman–Crippen LogP) is 1.72. The molecule has 1 aliphatic heterocycles. The van der Waals surface area contributed by atoms with Gasteiger partial charge in [0.2, 0.25) is 10.0 Å². The van der Waals surface area contributed by atoms with Crippen LogP contribution >= 0.6 is 11.8 Å². The van der Waals surface area contributed by atoms with Crippen LogP contribution in [-0.2, 0) is 10.0 Å². The Hall–Kier alpha value is -0.860. The molecule has 8 heteroatoms. The normalized spacial score (nSPS) is 20.4. The molecular weight excluding hydrogens is 294 g/mol. The van der Waals surface area contributed by atoms with Crippen molar-refractivity contribution < 1.29 is 17.2 Å². The number of benzene rings is 1. The molecule has 4 nitrogen and oxygen atoms in total. The average molecular weight is 308 g/mol. The van der Waals surface area contributed by atoms with Crippen molar-refractivity contribution >= 4 is 27.5 Å². The van der Waals surface area contributed by atoms with Crippen molar-refractivity contribution in [1.29, 1.82) is 0 Å². The number of nitrogens with one attached hydrogen (secondary N) is 1. The summed E-state index contributed by atoms with van der Waals surface area (Å²) in [6, 6.07) is 1.07. The number of thioether (sulfide) groups is 1. The number of nitrogens with two attached hydrogens (primary N) is 1. The molecule has 1 atom stereocenters. The van der Waals surface area contributed by atoms with E-state index in [1.54, 1.807) is 11.8 Å². The van der Waals surface area contributed by atoms with Crippen molar-refractivity contribution in [3.05, 3.63) is 23.8 Å². The van der Waals surface area contributed by atoms with E-state index in [1.165, 1.54) is 0 Å². The van der Waals surface area contributed by atoms with Gasteiger partial charge in [-0.1, -0.05) is 0 Å². The number of anilines is 1. The first-order valence-electron chi connectivity index (χ1n) is 5.75. The summed E-state index contributed by atoms with van der Waals surface area (Å²) in [5.41, 5.74) is 4.89. The lowest BCUT2D eigenvalue weighted by Crippen LogP contribution is -2.38. The summed E-state index contributed by atoms with van der Waals surface area (Å²) in [7, 11) is -4.01. The van der Waals surface area contributed by atoms with Gasteiger partial charge in [0.15, 0.2) is 0 Å². The minimum atomic E-state index is -4.01. The van der Waals surface area contributed by atoms with Crippen molar-refractivity contribution in [2.75, 3.05) is 17.2 Å². The Balaban J connectivity index is 2.26. The van der Waals surface area contributed by atoms with Gasteiger partial charge < -0.3 is 5.73 Å². The highest BCUT2D eigenvalue weighted by Crippen LogP contribution is 2.23. The van der Waals surface area contributed by atoms with E-state index in [9.17, 15) is 17.2 Å². The van der Waals surface area contributed by atoms with Crippen LogP contribution in [0.25, 0.3) is 0 Å². The molecule has 0 bridgehead atoms. The summed E-state index contributed by atoms with van der Waals surface area (Å²) in [5, 5.41) is 0. The van der Waals surface area contributed by atoms with Crippen LogP contribution < -0.4 is 10.5 Å². The van der Waals surface area contributed by atoms with Crippen molar-refractivity contribution in [2.24, 2.45) is 0 Å². The smallest absolute Gasteiger partial charge is 0.243 e. The summed E-state index contributed by atoms with van der Waals surface area (Å²) >= 11 is 1.64. The molecule has 0 saturated carbocycles. The van der Waals surface area contributed by atoms with Crippen molar-refractivity contribution in [2.45, 2.75) is 23.8 Å². The maximum Gasteiger partial charge on any atom is 0.243 e. The zero-order valence-corrected chi connectivity index (χ0v) is 11.7. The summed E-state index contributed by atoms with van der Waals surface area (Å²) < 4.78 is 53.1. The average Bonchev–Trinajstić information content (AvgIpc) is 2.34. The third-order valence-corrected chi connectivity index (χ3v) is 5.57. The van der Waals surface area contributed by atoms with Gasteiger partial charge in [-0.25, -0.2) is 21.9 Å². The van der Waals surface area contributed by atoms with Crippen LogP contribution in [-0.4, -0.2) is 26.0 Å². The maximum atomic E-state index is 13.6. The van der Waals surface area contributed by atoms with Gasteiger partial charge in [-0.05, 0) is 24.7 Å². The summed E-state index contributed by atoms with van der Waals surface area (Å²) in [6.45, 7) is 0. The van der Waals surface area contributed by atoms with E-state index in [-0.39, 0.29) is 11.7 Å². The first-order valence-corrected chi connectivity index (χ1v) is 8.38. The third kappa shape index (κ3) is 3.37. The second-order valence-electron chi connectivity index (χ2n) is 4.34. The Morgan fingerprint density at radius 1 is 1.32 bits per heavy atom. The maximum absolute atomic E-state index is 13.6. The molecule has 0 aliphatic carbocycles. The standard InChI is InChI=1S/C11H14F2N2O2S2/c12-8-4-9(13)11(5-10(8)14)19(16,17)15-7-2-1-3-18-6-7/h4-5,7,15H,1-3,6,14H2. The molecular formula is C11H14F2N2O2S2. The molecule has 2 rings (SSSR count). The van der Waals surface area contributed by atoms with Gasteiger partial charge in [0.1, 0.15) is 16.5 Å². The highest BCUT2D eigenvalue weighted by Gasteiger charge is 2.25. The molecule has 3 N–H and O–H groups in total. The molecule has 1 aromatic carbocycles. The predicted molar refractivity (Wildman–Crippen MR) is 71.4 cm³/mol. The van der Waals surface area contributed by atoms with Crippen LogP contribution in [0.4, 0.5) is 14.5 Å². The summed E-state index contributed by atoms with van der Waals surface area (Å²) in [4.78, 5) is -0.609. The molecule has 0 spiro atoms. The molecule has 1 unspecified atom stereocenters. The number of nitrogen functional groups attached to an aromatic ring is 1. The molecule has 0 aromatic heterocycles. The minimum absolute atomic E-state index is 0.227. The Morgan fingerprint density at radius 3 is 2.68 bits per heavy atom. The highest BCUT2D eigenvalue weighted by molar-refractivity contribution is 7.99. The largest absolute Gasteiger partial charge is 0.396 e. The molecule has 1 fully saturated rings. The van der Waals surface area contributed by atoms with E-state index < -0.39 is 26.6 Å². The number of hydrogen-bond acceptors (Lipinski definition) is 4. The van der Waals surface area contributed by atoms with Crippen LogP contribution in [0.2, 0.25) is 0 Å². The summed E-state index contributed by atoms with van der Waals surface area (Å²) in [6.07, 6.45) is 1.62. The highest BCUT2D eigenvalue weighted by atomic mass is 32.2. The van der Waals surface area contributed by atoms with Crippen molar-refractivity contribution in [3.8, 4) is 0 Å². The third-order valence-electron chi connectivity index (χ3n) is 2.82. The van der Waals surface area contributed by atoms with E-state index in [0.29, 0.717) is 18.2 Å². The van der Waals surface area contributed by atoms with Gasteiger partial charge in [-0.3, -0.25) is 0 Å². The van der Waals surface area contributed by atoms with Gasteiger partial charge >= 0.3 is 0 Å². The summed E-state index contributed by atoms with van der Waals surface area (Å²) in [5.74, 6) is -0.458. The zero-order valence-electron chi connectivity index (χ0n) is 10.0. The van der Waals surface area contributed by atoms with Crippen LogP contribution in [0.3, 0.4) is 0 Å². The topological polar surface area (TPSA) is 72.2 Å². The van der Waals surface area contributed by atoms with Gasteiger partial charge in [-0.15, -0.1) is 0 Å². The Bertz CT molecular complexity index is 572. The number of rotatable bonds is 3. The second kappa shape index (κ2) is 5.64. The quantitative estimate of drug-likeness (QED) is 0.834. The number of sulfonamides is 1. The van der Waals surface area contributed by atoms with E-state index in [1.807, 2.05) is 0 Å². The van der Waals surface area contributed by atoms with E-state index in [2.05, 4.69) is 4.72 Å². The van der Waals surface area contributed by atoms with Gasteiger partial charge in [0.25, 0.3) is 0 Å². The SMILES string of the molecule is Nc1cc(S(=O)(=O)NC2CCCSC2)c(F)cc1F. The lowest BCUT2D eigenvalue weighted by atomic mass is 10.2. The van der Waals surface area contributed by atoms with E-state index in [4.69, 9.17) is 5.73 Å². The molecule has 0 amide bonds. The monoisotopic (exact) mass is 308 g/mol. The van der Waals surface area contributed by atoms with Crippen LogP contribution in [0.1, 0.15) is 12.8 Å². The van der Waals surface area contributed by atoms with Crippen LogP contribution in [0.15, 0.2) is 17.0 Å². The fourth-order valence-corrected chi connectivity index (χ4v) is 4.41. The molecule has 1 aromatic rings. The van der Waals surface area contributed by atoms with Crippen molar-refractivity contribution in [1.82, 2.24) is 4.72 Å². The Labute approximate surface area is 114 Å². The van der Waals surface area contributed by atoms with Gasteiger partial charge in [-0.2, -0.15) is 11.8 Å². The minimum Gasteiger partial charge on any atom is -0.396 e. The first kappa shape index (κ1) is 14.5. The zero-order chi connectivity index (χ0) is 14.0. The van der Waals surface area contributed by atoms with Crippen molar-refractivity contribution in [3.63, 3.8) is 0 Å². The van der Waals surface area contributed by atoms with E-state index in [0.717, 1.165) is 18.2 Å². The van der Waals surface area contributed by atoms with E-state index >= 15 is 0 Å². The first-order chi connectivity index (χ1) is 8.90. The lowest BCUT2D eigenvalue weighted by molar-refractivity contribution is 0.525. The van der Waals surface area contributed by atoms with Gasteiger partial charge in [0, 0.05) is 17.9 Å². The second-order valence-corrected chi connectivity index (χ2v) is 7.17. The van der Waals surface area contributed by atoms with Crippen LogP contribution in [0.5, 0.6) is 0 Å². The molecule has 106 valence electrons.